The molecule has 9 nitrogen and oxygen atoms in total. The van der Waals surface area contributed by atoms with Crippen LogP contribution in [0, 0.1) is 5.92 Å². The minimum atomic E-state index is -0.589. The summed E-state index contributed by atoms with van der Waals surface area (Å²) in [7, 11) is 0. The number of carbonyl (C=O) groups is 2. The number of aromatic nitrogens is 3. The average molecular weight is 505 g/mol. The smallest absolute Gasteiger partial charge is 0.242 e. The van der Waals surface area contributed by atoms with Crippen LogP contribution in [-0.4, -0.2) is 63.5 Å². The van der Waals surface area contributed by atoms with Crippen LogP contribution in [0.5, 0.6) is 5.75 Å². The lowest BCUT2D eigenvalue weighted by Crippen LogP contribution is -2.50. The molecule has 2 aromatic heterocycles. The summed E-state index contributed by atoms with van der Waals surface area (Å²) in [4.78, 5) is 36.9. The normalized spacial score (nSPS) is 18.2. The van der Waals surface area contributed by atoms with Crippen LogP contribution in [0.2, 0.25) is 0 Å². The average Bonchev–Trinajstić information content (AvgIpc) is 3.35. The van der Waals surface area contributed by atoms with Crippen molar-refractivity contribution in [3.8, 4) is 17.1 Å². The van der Waals surface area contributed by atoms with Crippen LogP contribution < -0.4 is 15.4 Å². The molecule has 0 aliphatic carbocycles. The second-order valence-electron chi connectivity index (χ2n) is 9.79. The summed E-state index contributed by atoms with van der Waals surface area (Å²) in [5.74, 6) is 1.51. The van der Waals surface area contributed by atoms with Gasteiger partial charge in [0, 0.05) is 56.5 Å². The molecule has 2 bridgehead atoms. The molecular formula is C28H36N6O3. The summed E-state index contributed by atoms with van der Waals surface area (Å²) in [6, 6.07) is 11.2. The van der Waals surface area contributed by atoms with Gasteiger partial charge in [-0.25, -0.2) is 4.98 Å². The third-order valence-corrected chi connectivity index (χ3v) is 6.20. The molecule has 0 radical (unpaired) electrons. The Kier molecular flexibility index (Phi) is 9.26. The van der Waals surface area contributed by atoms with Crippen molar-refractivity contribution >= 4 is 11.8 Å². The highest BCUT2D eigenvalue weighted by Crippen LogP contribution is 2.23. The molecule has 1 aliphatic rings. The maximum Gasteiger partial charge on any atom is 0.242 e. The molecule has 0 saturated heterocycles. The van der Waals surface area contributed by atoms with Gasteiger partial charge in [0.2, 0.25) is 11.8 Å². The van der Waals surface area contributed by atoms with Crippen LogP contribution in [0.1, 0.15) is 32.3 Å². The number of imidazole rings is 1. The second kappa shape index (κ2) is 13.0. The highest BCUT2D eigenvalue weighted by Gasteiger charge is 2.23. The van der Waals surface area contributed by atoms with Crippen molar-refractivity contribution in [2.24, 2.45) is 5.92 Å². The molecule has 1 atom stereocenters. The number of nitrogens with zero attached hydrogens (tertiary/aromatic N) is 4. The first-order chi connectivity index (χ1) is 18.0. The Hall–Kier alpha value is -3.72. The van der Waals surface area contributed by atoms with Crippen molar-refractivity contribution in [2.75, 3.05) is 26.2 Å². The third kappa shape index (κ3) is 7.88. The molecule has 3 aromatic rings. The van der Waals surface area contributed by atoms with E-state index in [1.807, 2.05) is 67.2 Å². The fourth-order valence-corrected chi connectivity index (χ4v) is 4.49. The Balaban J connectivity index is 1.55. The van der Waals surface area contributed by atoms with Crippen LogP contribution >= 0.6 is 0 Å². The van der Waals surface area contributed by atoms with Gasteiger partial charge in [-0.3, -0.25) is 19.5 Å². The molecule has 2 N–H and O–H groups in total. The molecule has 2 amide bonds. The van der Waals surface area contributed by atoms with E-state index in [1.54, 1.807) is 12.4 Å². The highest BCUT2D eigenvalue weighted by molar-refractivity contribution is 5.88. The number of benzene rings is 1. The molecule has 196 valence electrons. The van der Waals surface area contributed by atoms with Crippen molar-refractivity contribution in [1.82, 2.24) is 30.1 Å². The first kappa shape index (κ1) is 26.3. The van der Waals surface area contributed by atoms with Crippen LogP contribution in [-0.2, 0) is 22.7 Å². The molecule has 0 unspecified atom stereocenters. The Bertz CT molecular complexity index is 1160. The largest absolute Gasteiger partial charge is 0.494 e. The lowest BCUT2D eigenvalue weighted by molar-refractivity contribution is -0.130. The van der Waals surface area contributed by atoms with E-state index in [9.17, 15) is 9.59 Å². The molecular weight excluding hydrogens is 468 g/mol. The van der Waals surface area contributed by atoms with E-state index in [0.717, 1.165) is 29.1 Å². The minimum absolute atomic E-state index is 0.168. The number of nitrogens with one attached hydrogen (secondary N) is 2. The van der Waals surface area contributed by atoms with E-state index < -0.39 is 6.04 Å². The Morgan fingerprint density at radius 1 is 1.14 bits per heavy atom. The highest BCUT2D eigenvalue weighted by atomic mass is 16.5. The van der Waals surface area contributed by atoms with Gasteiger partial charge in [0.25, 0.3) is 0 Å². The number of rotatable bonds is 4. The number of hydrogen-bond acceptors (Lipinski definition) is 6. The van der Waals surface area contributed by atoms with E-state index in [1.165, 1.54) is 0 Å². The topological polar surface area (TPSA) is 101 Å². The monoisotopic (exact) mass is 504 g/mol. The summed E-state index contributed by atoms with van der Waals surface area (Å²) in [5.41, 5.74) is 1.98. The maximum atomic E-state index is 13.1. The molecule has 1 aromatic carbocycles. The predicted octanol–water partition coefficient (Wildman–Crippen LogP) is 2.88. The summed E-state index contributed by atoms with van der Waals surface area (Å²) in [6.07, 6.45) is 8.51. The fourth-order valence-electron chi connectivity index (χ4n) is 4.49. The number of hydrogen-bond donors (Lipinski definition) is 2. The number of fused-ring (bicyclic) bond motifs is 4. The molecule has 1 aliphatic heterocycles. The van der Waals surface area contributed by atoms with Gasteiger partial charge in [-0.15, -0.1) is 0 Å². The first-order valence-corrected chi connectivity index (χ1v) is 12.9. The zero-order valence-electron chi connectivity index (χ0n) is 21.6. The molecule has 0 spiro atoms. The lowest BCUT2D eigenvalue weighted by Gasteiger charge is -2.25. The van der Waals surface area contributed by atoms with Gasteiger partial charge in [0.15, 0.2) is 0 Å². The summed E-state index contributed by atoms with van der Waals surface area (Å²) >= 11 is 0. The zero-order valence-corrected chi connectivity index (χ0v) is 21.6. The van der Waals surface area contributed by atoms with Gasteiger partial charge in [0.1, 0.15) is 17.6 Å². The van der Waals surface area contributed by atoms with Crippen molar-refractivity contribution in [1.29, 1.82) is 0 Å². The van der Waals surface area contributed by atoms with Crippen molar-refractivity contribution in [2.45, 2.75) is 45.8 Å². The van der Waals surface area contributed by atoms with Gasteiger partial charge < -0.3 is 19.9 Å². The Morgan fingerprint density at radius 2 is 2.03 bits per heavy atom. The predicted molar refractivity (Wildman–Crippen MR) is 142 cm³/mol. The molecule has 9 heteroatoms. The van der Waals surface area contributed by atoms with Crippen LogP contribution in [0.15, 0.2) is 61.2 Å². The SMILES string of the molecule is CC(C)C[C@H]1NC(=O)CN(Cc2cccnc2)CCCOc2cccc(c2)-c2nccn2CCNC1=O. The van der Waals surface area contributed by atoms with E-state index in [4.69, 9.17) is 4.74 Å². The molecule has 0 saturated carbocycles. The summed E-state index contributed by atoms with van der Waals surface area (Å²) in [6.45, 7) is 7.03. The van der Waals surface area contributed by atoms with Crippen molar-refractivity contribution in [3.05, 3.63) is 66.7 Å². The first-order valence-electron chi connectivity index (χ1n) is 12.9. The van der Waals surface area contributed by atoms with Gasteiger partial charge in [-0.2, -0.15) is 0 Å². The number of amides is 2. The quantitative estimate of drug-likeness (QED) is 0.567. The summed E-state index contributed by atoms with van der Waals surface area (Å²) in [5, 5.41) is 5.98. The molecule has 3 heterocycles. The Morgan fingerprint density at radius 3 is 2.84 bits per heavy atom. The van der Waals surface area contributed by atoms with Gasteiger partial charge >= 0.3 is 0 Å². The molecule has 0 fully saturated rings. The van der Waals surface area contributed by atoms with Gasteiger partial charge in [0.05, 0.1) is 13.2 Å². The number of ether oxygens (including phenoxy) is 1. The zero-order chi connectivity index (χ0) is 26.0. The minimum Gasteiger partial charge on any atom is -0.494 e. The van der Waals surface area contributed by atoms with Crippen LogP contribution in [0.4, 0.5) is 0 Å². The van der Waals surface area contributed by atoms with Crippen LogP contribution in [0.3, 0.4) is 0 Å². The lowest BCUT2D eigenvalue weighted by atomic mass is 10.0. The van der Waals surface area contributed by atoms with Crippen LogP contribution in [0.25, 0.3) is 11.4 Å². The van der Waals surface area contributed by atoms with Crippen molar-refractivity contribution in [3.63, 3.8) is 0 Å². The van der Waals surface area contributed by atoms with E-state index in [0.29, 0.717) is 39.2 Å². The number of carbonyl (C=O) groups excluding carboxylic acids is 2. The van der Waals surface area contributed by atoms with Gasteiger partial charge in [-0.1, -0.05) is 32.0 Å². The fraction of sp³-hybridized carbons (Fsp3) is 0.429. The van der Waals surface area contributed by atoms with E-state index in [2.05, 4.69) is 25.5 Å². The maximum absolute atomic E-state index is 13.1. The molecule has 37 heavy (non-hydrogen) atoms. The second-order valence-corrected chi connectivity index (χ2v) is 9.79. The van der Waals surface area contributed by atoms with Crippen molar-refractivity contribution < 1.29 is 14.3 Å². The van der Waals surface area contributed by atoms with E-state index >= 15 is 0 Å². The van der Waals surface area contributed by atoms with Gasteiger partial charge in [-0.05, 0) is 42.5 Å². The third-order valence-electron chi connectivity index (χ3n) is 6.20. The Labute approximate surface area is 218 Å². The number of pyridine rings is 1. The standard InChI is InChI=1S/C28H36N6O3/c1-21(2)16-25-28(36)31-11-14-34-13-10-30-27(34)23-7-3-8-24(17-23)37-15-5-12-33(20-26(35)32-25)19-22-6-4-9-29-18-22/h3-4,6-10,13,17-18,21,25H,5,11-12,14-16,19-20H2,1-2H3,(H,31,36)(H,32,35)/t25-/m1/s1. The summed E-state index contributed by atoms with van der Waals surface area (Å²) < 4.78 is 8.06. The molecule has 4 rings (SSSR count). The van der Waals surface area contributed by atoms with E-state index in [-0.39, 0.29) is 24.3 Å².